The summed E-state index contributed by atoms with van der Waals surface area (Å²) in [5, 5.41) is 19.5. The van der Waals surface area contributed by atoms with E-state index >= 15 is 0 Å². The first-order valence-electron chi connectivity index (χ1n) is 15.3. The molecule has 9 nitrogen and oxygen atoms in total. The Hall–Kier alpha value is -3.99. The lowest BCUT2D eigenvalue weighted by Gasteiger charge is -2.42. The van der Waals surface area contributed by atoms with Crippen LogP contribution in [0.2, 0.25) is 0 Å². The molecule has 6 rings (SSSR count). The van der Waals surface area contributed by atoms with Crippen LogP contribution >= 0.6 is 0 Å². The summed E-state index contributed by atoms with van der Waals surface area (Å²) in [6.45, 7) is 4.57. The molecule has 3 aliphatic rings. The summed E-state index contributed by atoms with van der Waals surface area (Å²) in [5.74, 6) is 0.522. The molecule has 10 heteroatoms. The maximum Gasteiger partial charge on any atom is 0.270 e. The molecular weight excluding hydrogens is 545 g/mol. The van der Waals surface area contributed by atoms with Crippen molar-refractivity contribution in [3.63, 3.8) is 0 Å². The molecule has 2 saturated carbocycles. The summed E-state index contributed by atoms with van der Waals surface area (Å²) >= 11 is 0. The minimum Gasteiger partial charge on any atom is -0.379 e. The molecular formula is C33H38FN7O2. The zero-order valence-corrected chi connectivity index (χ0v) is 24.9. The minimum absolute atomic E-state index is 0.0525. The Morgan fingerprint density at radius 2 is 1.74 bits per heavy atom. The lowest BCUT2D eigenvalue weighted by Crippen LogP contribution is -2.44. The van der Waals surface area contributed by atoms with Crippen LogP contribution in [0.1, 0.15) is 55.3 Å². The number of fused-ring (bicyclic) bond motifs is 1. The zero-order valence-electron chi connectivity index (χ0n) is 24.9. The van der Waals surface area contributed by atoms with Gasteiger partial charge in [0.2, 0.25) is 0 Å². The number of hydrogen-bond donors (Lipinski definition) is 0. The third kappa shape index (κ3) is 5.95. The second-order valence-electron chi connectivity index (χ2n) is 12.2. The number of ether oxygens (including phenoxy) is 1. The molecule has 1 aromatic carbocycles. The van der Waals surface area contributed by atoms with E-state index in [1.165, 1.54) is 17.4 Å². The fourth-order valence-electron chi connectivity index (χ4n) is 6.74. The number of aromatic nitrogens is 2. The summed E-state index contributed by atoms with van der Waals surface area (Å²) in [4.78, 5) is 24.5. The van der Waals surface area contributed by atoms with Gasteiger partial charge in [-0.15, -0.1) is 0 Å². The van der Waals surface area contributed by atoms with Crippen molar-refractivity contribution in [2.24, 2.45) is 13.0 Å². The fourth-order valence-corrected chi connectivity index (χ4v) is 6.74. The number of benzene rings is 1. The van der Waals surface area contributed by atoms with E-state index in [1.54, 1.807) is 25.2 Å². The van der Waals surface area contributed by atoms with Crippen LogP contribution in [0.4, 0.5) is 15.8 Å². The second kappa shape index (κ2) is 12.3. The molecule has 0 spiro atoms. The van der Waals surface area contributed by atoms with Crippen LogP contribution in [-0.2, 0) is 18.3 Å². The molecule has 2 aliphatic carbocycles. The van der Waals surface area contributed by atoms with Crippen LogP contribution in [0.5, 0.6) is 0 Å². The second-order valence-corrected chi connectivity index (χ2v) is 12.2. The molecule has 43 heavy (non-hydrogen) atoms. The van der Waals surface area contributed by atoms with Crippen molar-refractivity contribution in [2.45, 2.75) is 57.2 Å². The van der Waals surface area contributed by atoms with E-state index in [1.807, 2.05) is 18.0 Å². The SMILES string of the molecule is CN(c1c(C#N)c(=O)n(C)c2ccc(C#N)nc12)C1CCC(N(CC2CC2)c2ccc(F)c(CN3CCOCC3)c2)CC1. The number of hydrogen-bond acceptors (Lipinski definition) is 8. The Balaban J connectivity index is 1.24. The van der Waals surface area contributed by atoms with Gasteiger partial charge in [-0.1, -0.05) is 0 Å². The highest BCUT2D eigenvalue weighted by Crippen LogP contribution is 2.38. The third-order valence-electron chi connectivity index (χ3n) is 9.46. The Kier molecular flexibility index (Phi) is 8.34. The Morgan fingerprint density at radius 1 is 1.02 bits per heavy atom. The molecule has 1 saturated heterocycles. The van der Waals surface area contributed by atoms with Gasteiger partial charge in [-0.05, 0) is 74.8 Å². The van der Waals surface area contributed by atoms with Crippen molar-refractivity contribution in [1.29, 1.82) is 10.5 Å². The molecule has 0 radical (unpaired) electrons. The quantitative estimate of drug-likeness (QED) is 0.387. The number of anilines is 2. The van der Waals surface area contributed by atoms with Crippen molar-refractivity contribution in [3.8, 4) is 12.1 Å². The number of nitrogens with zero attached hydrogens (tertiary/aromatic N) is 7. The van der Waals surface area contributed by atoms with Gasteiger partial charge < -0.3 is 19.1 Å². The molecule has 3 aromatic rings. The molecule has 224 valence electrons. The predicted octanol–water partition coefficient (Wildman–Crippen LogP) is 4.31. The predicted molar refractivity (Wildman–Crippen MR) is 163 cm³/mol. The normalized spacial score (nSPS) is 20.9. The zero-order chi connectivity index (χ0) is 30.1. The van der Waals surface area contributed by atoms with Gasteiger partial charge in [0, 0.05) is 63.6 Å². The first-order valence-corrected chi connectivity index (χ1v) is 15.3. The summed E-state index contributed by atoms with van der Waals surface area (Å²) in [6.07, 6.45) is 6.12. The lowest BCUT2D eigenvalue weighted by molar-refractivity contribution is 0.0337. The van der Waals surface area contributed by atoms with Gasteiger partial charge in [0.15, 0.2) is 0 Å². The van der Waals surface area contributed by atoms with E-state index in [0.29, 0.717) is 48.4 Å². The first-order chi connectivity index (χ1) is 20.9. The summed E-state index contributed by atoms with van der Waals surface area (Å²) in [5.41, 5.74) is 3.35. The third-order valence-corrected chi connectivity index (χ3v) is 9.46. The highest BCUT2D eigenvalue weighted by molar-refractivity contribution is 5.92. The molecule has 3 fully saturated rings. The van der Waals surface area contributed by atoms with Crippen LogP contribution in [0.25, 0.3) is 11.0 Å². The average molecular weight is 584 g/mol. The number of morpholine rings is 1. The highest BCUT2D eigenvalue weighted by Gasteiger charge is 2.34. The number of pyridine rings is 2. The number of nitriles is 2. The first kappa shape index (κ1) is 29.1. The molecule has 0 N–H and O–H groups in total. The fraction of sp³-hybridized carbons (Fsp3) is 0.515. The van der Waals surface area contributed by atoms with E-state index in [4.69, 9.17) is 4.74 Å². The van der Waals surface area contributed by atoms with Gasteiger partial charge in [0.05, 0.1) is 24.4 Å². The van der Waals surface area contributed by atoms with E-state index < -0.39 is 0 Å². The molecule has 0 atom stereocenters. The molecule has 3 heterocycles. The molecule has 2 aromatic heterocycles. The molecule has 1 aliphatic heterocycles. The van der Waals surface area contributed by atoms with E-state index in [9.17, 15) is 19.7 Å². The summed E-state index contributed by atoms with van der Waals surface area (Å²) < 4.78 is 21.8. The van der Waals surface area contributed by atoms with E-state index in [-0.39, 0.29) is 28.7 Å². The van der Waals surface area contributed by atoms with Crippen molar-refractivity contribution in [3.05, 3.63) is 63.3 Å². The van der Waals surface area contributed by atoms with Crippen LogP contribution in [0.15, 0.2) is 35.1 Å². The van der Waals surface area contributed by atoms with E-state index in [0.717, 1.165) is 56.6 Å². The average Bonchev–Trinajstić information content (AvgIpc) is 3.87. The number of rotatable bonds is 8. The standard InChI is InChI=1S/C33H38FN7O2/c1-38(32-28(19-36)33(42)39(2)30-12-5-24(18-35)37-31(30)32)25-6-8-26(9-7-25)41(20-22-3-4-22)27-10-11-29(34)23(17-27)21-40-13-15-43-16-14-40/h5,10-12,17,22,25-26H,3-4,6-9,13-16,20-21H2,1-2H3. The molecule has 0 unspecified atom stereocenters. The Bertz CT molecular complexity index is 1640. The van der Waals surface area contributed by atoms with Crippen LogP contribution in [0, 0.1) is 34.4 Å². The number of aryl methyl sites for hydroxylation is 1. The highest BCUT2D eigenvalue weighted by atomic mass is 19.1. The van der Waals surface area contributed by atoms with Crippen LogP contribution < -0.4 is 15.4 Å². The monoisotopic (exact) mass is 583 g/mol. The smallest absolute Gasteiger partial charge is 0.270 e. The largest absolute Gasteiger partial charge is 0.379 e. The number of halogens is 1. The van der Waals surface area contributed by atoms with Gasteiger partial charge in [-0.3, -0.25) is 9.69 Å². The van der Waals surface area contributed by atoms with Crippen LogP contribution in [-0.4, -0.2) is 66.4 Å². The van der Waals surface area contributed by atoms with Crippen molar-refractivity contribution in [2.75, 3.05) is 49.7 Å². The summed E-state index contributed by atoms with van der Waals surface area (Å²) in [7, 11) is 3.56. The maximum absolute atomic E-state index is 14.9. The van der Waals surface area contributed by atoms with Gasteiger partial charge in [-0.2, -0.15) is 10.5 Å². The van der Waals surface area contributed by atoms with Crippen molar-refractivity contribution in [1.82, 2.24) is 14.5 Å². The van der Waals surface area contributed by atoms with Crippen LogP contribution in [0.3, 0.4) is 0 Å². The lowest BCUT2D eigenvalue weighted by atomic mass is 9.88. The van der Waals surface area contributed by atoms with Gasteiger partial charge in [0.1, 0.15) is 34.7 Å². The van der Waals surface area contributed by atoms with E-state index in [2.05, 4.69) is 33.0 Å². The minimum atomic E-state index is -0.364. The van der Waals surface area contributed by atoms with Crippen molar-refractivity contribution >= 4 is 22.4 Å². The molecule has 0 bridgehead atoms. The summed E-state index contributed by atoms with van der Waals surface area (Å²) in [6, 6.07) is 13.6. The Labute approximate surface area is 251 Å². The van der Waals surface area contributed by atoms with Gasteiger partial charge in [0.25, 0.3) is 5.56 Å². The molecule has 0 amide bonds. The maximum atomic E-state index is 14.9. The Morgan fingerprint density at radius 3 is 2.42 bits per heavy atom. The topological polar surface area (TPSA) is 101 Å². The van der Waals surface area contributed by atoms with Gasteiger partial charge in [-0.25, -0.2) is 9.37 Å². The van der Waals surface area contributed by atoms with Crippen molar-refractivity contribution < 1.29 is 9.13 Å². The van der Waals surface area contributed by atoms with Gasteiger partial charge >= 0.3 is 0 Å².